The van der Waals surface area contributed by atoms with Crippen LogP contribution in [-0.2, 0) is 4.79 Å². The maximum absolute atomic E-state index is 12.9. The minimum Gasteiger partial charge on any atom is -0.367 e. The van der Waals surface area contributed by atoms with Gasteiger partial charge in [0, 0.05) is 43.2 Å². The maximum atomic E-state index is 12.9. The Morgan fingerprint density at radius 2 is 1.72 bits per heavy atom. The first-order valence-corrected chi connectivity index (χ1v) is 9.65. The van der Waals surface area contributed by atoms with Crippen molar-refractivity contribution < 1.29 is 9.18 Å². The molecule has 1 fully saturated rings. The summed E-state index contributed by atoms with van der Waals surface area (Å²) in [5.74, 6) is 0.639. The summed E-state index contributed by atoms with van der Waals surface area (Å²) in [5, 5.41) is 0.748. The number of amides is 1. The van der Waals surface area contributed by atoms with Gasteiger partial charge in [-0.15, -0.1) is 11.8 Å². The summed E-state index contributed by atoms with van der Waals surface area (Å²) in [6, 6.07) is 14.2. The molecular weight excluding hydrogens is 359 g/mol. The van der Waals surface area contributed by atoms with Crippen molar-refractivity contribution >= 4 is 35.0 Å². The molecule has 1 amide bonds. The molecule has 25 heavy (non-hydrogen) atoms. The lowest BCUT2D eigenvalue weighted by atomic mass is 10.2. The number of rotatable bonds is 5. The predicted molar refractivity (Wildman–Crippen MR) is 102 cm³/mol. The molecule has 0 saturated carbocycles. The van der Waals surface area contributed by atoms with Crippen LogP contribution in [0, 0.1) is 5.82 Å². The molecular formula is C19H20ClFN2OS. The molecule has 0 aromatic heterocycles. The molecule has 0 N–H and O–H groups in total. The van der Waals surface area contributed by atoms with Crippen molar-refractivity contribution in [2.24, 2.45) is 0 Å². The Bertz CT molecular complexity index is 718. The Morgan fingerprint density at radius 1 is 1.04 bits per heavy atom. The van der Waals surface area contributed by atoms with Gasteiger partial charge in [0.1, 0.15) is 5.82 Å². The van der Waals surface area contributed by atoms with Crippen LogP contribution in [0.3, 0.4) is 0 Å². The number of carbonyl (C=O) groups is 1. The summed E-state index contributed by atoms with van der Waals surface area (Å²) >= 11 is 7.82. The van der Waals surface area contributed by atoms with Crippen LogP contribution in [0.2, 0.25) is 5.02 Å². The van der Waals surface area contributed by atoms with Gasteiger partial charge < -0.3 is 9.80 Å². The summed E-state index contributed by atoms with van der Waals surface area (Å²) in [7, 11) is 0. The number of hydrogen-bond acceptors (Lipinski definition) is 3. The average Bonchev–Trinajstić information content (AvgIpc) is 2.64. The summed E-state index contributed by atoms with van der Waals surface area (Å²) in [6.07, 6.45) is 0.494. The molecule has 1 aliphatic rings. The Hall–Kier alpha value is -1.72. The van der Waals surface area contributed by atoms with Gasteiger partial charge >= 0.3 is 0 Å². The third-order valence-electron chi connectivity index (χ3n) is 4.22. The Morgan fingerprint density at radius 3 is 2.40 bits per heavy atom. The van der Waals surface area contributed by atoms with Crippen LogP contribution in [0.1, 0.15) is 6.42 Å². The number of benzene rings is 2. The Balaban J connectivity index is 1.44. The Kier molecular flexibility index (Phi) is 6.21. The first-order valence-electron chi connectivity index (χ1n) is 8.29. The molecule has 3 nitrogen and oxygen atoms in total. The largest absolute Gasteiger partial charge is 0.367 e. The number of para-hydroxylation sites is 1. The van der Waals surface area contributed by atoms with Crippen LogP contribution in [-0.4, -0.2) is 42.7 Å². The van der Waals surface area contributed by atoms with E-state index in [0.717, 1.165) is 28.7 Å². The summed E-state index contributed by atoms with van der Waals surface area (Å²) in [5.41, 5.74) is 1.03. The molecule has 3 rings (SSSR count). The van der Waals surface area contributed by atoms with Crippen LogP contribution >= 0.6 is 23.4 Å². The second-order valence-electron chi connectivity index (χ2n) is 5.87. The third kappa shape index (κ3) is 4.89. The van der Waals surface area contributed by atoms with Crippen LogP contribution in [0.25, 0.3) is 0 Å². The number of nitrogens with zero attached hydrogens (tertiary/aromatic N) is 2. The van der Waals surface area contributed by atoms with Gasteiger partial charge in [-0.2, -0.15) is 0 Å². The molecule has 6 heteroatoms. The molecule has 0 radical (unpaired) electrons. The lowest BCUT2D eigenvalue weighted by Gasteiger charge is -2.36. The zero-order valence-corrected chi connectivity index (χ0v) is 15.4. The molecule has 1 saturated heterocycles. The van der Waals surface area contributed by atoms with Gasteiger partial charge in [0.05, 0.1) is 10.7 Å². The maximum Gasteiger partial charge on any atom is 0.223 e. The van der Waals surface area contributed by atoms with E-state index in [4.69, 9.17) is 11.6 Å². The van der Waals surface area contributed by atoms with Crippen molar-refractivity contribution in [1.29, 1.82) is 0 Å². The fourth-order valence-corrected chi connectivity index (χ4v) is 3.95. The molecule has 1 heterocycles. The molecule has 0 unspecified atom stereocenters. The lowest BCUT2D eigenvalue weighted by molar-refractivity contribution is -0.131. The number of anilines is 1. The minimum atomic E-state index is -0.239. The first kappa shape index (κ1) is 18.1. The van der Waals surface area contributed by atoms with E-state index in [0.29, 0.717) is 25.3 Å². The highest BCUT2D eigenvalue weighted by atomic mass is 35.5. The third-order valence-corrected chi connectivity index (χ3v) is 5.56. The average molecular weight is 379 g/mol. The van der Waals surface area contributed by atoms with Gasteiger partial charge in [-0.05, 0) is 36.4 Å². The van der Waals surface area contributed by atoms with E-state index in [1.807, 2.05) is 29.2 Å². The van der Waals surface area contributed by atoms with Crippen molar-refractivity contribution in [2.75, 3.05) is 36.8 Å². The molecule has 132 valence electrons. The van der Waals surface area contributed by atoms with Crippen molar-refractivity contribution in [3.8, 4) is 0 Å². The van der Waals surface area contributed by atoms with E-state index in [-0.39, 0.29) is 11.7 Å². The second-order valence-corrected chi connectivity index (χ2v) is 7.45. The lowest BCUT2D eigenvalue weighted by Crippen LogP contribution is -2.49. The second kappa shape index (κ2) is 8.59. The fraction of sp³-hybridized carbons (Fsp3) is 0.316. The normalized spacial score (nSPS) is 14.6. The quantitative estimate of drug-likeness (QED) is 0.724. The highest BCUT2D eigenvalue weighted by Gasteiger charge is 2.21. The zero-order chi connectivity index (χ0) is 17.6. The summed E-state index contributed by atoms with van der Waals surface area (Å²) in [4.78, 5) is 17.5. The number of carbonyl (C=O) groups excluding carboxylic acids is 1. The van der Waals surface area contributed by atoms with Crippen LogP contribution in [0.5, 0.6) is 0 Å². The van der Waals surface area contributed by atoms with Crippen LogP contribution < -0.4 is 4.90 Å². The predicted octanol–water partition coefficient (Wildman–Crippen LogP) is 4.31. The molecule has 1 aliphatic heterocycles. The highest BCUT2D eigenvalue weighted by molar-refractivity contribution is 7.99. The first-order chi connectivity index (χ1) is 12.1. The van der Waals surface area contributed by atoms with Crippen molar-refractivity contribution in [3.63, 3.8) is 0 Å². The number of hydrogen-bond donors (Lipinski definition) is 0. The monoisotopic (exact) mass is 378 g/mol. The van der Waals surface area contributed by atoms with E-state index >= 15 is 0 Å². The van der Waals surface area contributed by atoms with E-state index in [9.17, 15) is 9.18 Å². The molecule has 0 bridgehead atoms. The molecule has 0 spiro atoms. The zero-order valence-electron chi connectivity index (χ0n) is 13.8. The van der Waals surface area contributed by atoms with Gasteiger partial charge in [0.15, 0.2) is 0 Å². The van der Waals surface area contributed by atoms with Crippen LogP contribution in [0.15, 0.2) is 53.4 Å². The molecule has 0 atom stereocenters. The van der Waals surface area contributed by atoms with Gasteiger partial charge in [0.2, 0.25) is 5.91 Å². The van der Waals surface area contributed by atoms with E-state index in [1.54, 1.807) is 23.9 Å². The summed E-state index contributed by atoms with van der Waals surface area (Å²) < 4.78 is 12.9. The van der Waals surface area contributed by atoms with Gasteiger partial charge in [-0.1, -0.05) is 23.7 Å². The Labute approximate surface area is 156 Å². The summed E-state index contributed by atoms with van der Waals surface area (Å²) in [6.45, 7) is 3.01. The number of thioether (sulfide) groups is 1. The standard InChI is InChI=1S/C19H20ClFN2OS/c20-17-3-1-2-4-18(17)22-10-12-23(13-11-22)19(24)9-14-25-16-7-5-15(21)6-8-16/h1-8H,9-14H2. The minimum absolute atomic E-state index is 0.174. The fourth-order valence-electron chi connectivity index (χ4n) is 2.85. The van der Waals surface area contributed by atoms with E-state index < -0.39 is 0 Å². The van der Waals surface area contributed by atoms with Crippen LogP contribution in [0.4, 0.5) is 10.1 Å². The smallest absolute Gasteiger partial charge is 0.223 e. The van der Waals surface area contributed by atoms with E-state index in [2.05, 4.69) is 4.90 Å². The van der Waals surface area contributed by atoms with E-state index in [1.165, 1.54) is 12.1 Å². The van der Waals surface area contributed by atoms with Crippen molar-refractivity contribution in [2.45, 2.75) is 11.3 Å². The highest BCUT2D eigenvalue weighted by Crippen LogP contribution is 2.26. The van der Waals surface area contributed by atoms with Gasteiger partial charge in [-0.3, -0.25) is 4.79 Å². The van der Waals surface area contributed by atoms with Gasteiger partial charge in [-0.25, -0.2) is 4.39 Å². The number of halogens is 2. The molecule has 2 aromatic carbocycles. The molecule has 0 aliphatic carbocycles. The van der Waals surface area contributed by atoms with Gasteiger partial charge in [0.25, 0.3) is 0 Å². The number of piperazine rings is 1. The van der Waals surface area contributed by atoms with Crippen molar-refractivity contribution in [1.82, 2.24) is 4.90 Å². The molecule has 2 aromatic rings. The topological polar surface area (TPSA) is 23.6 Å². The van der Waals surface area contributed by atoms with Crippen molar-refractivity contribution in [3.05, 3.63) is 59.4 Å². The SMILES string of the molecule is O=C(CCSc1ccc(F)cc1)N1CCN(c2ccccc2Cl)CC1.